The van der Waals surface area contributed by atoms with Crippen LogP contribution in [0, 0.1) is 5.41 Å². The molecule has 0 heterocycles. The van der Waals surface area contributed by atoms with Gasteiger partial charge in [0.05, 0.1) is 0 Å². The minimum absolute atomic E-state index is 0.198. The van der Waals surface area contributed by atoms with Gasteiger partial charge in [-0.2, -0.15) is 0 Å². The van der Waals surface area contributed by atoms with Gasteiger partial charge in [0.25, 0.3) is 0 Å². The summed E-state index contributed by atoms with van der Waals surface area (Å²) in [6.07, 6.45) is 8.75. The van der Waals surface area contributed by atoms with Crippen molar-refractivity contribution in [2.24, 2.45) is 5.41 Å². The highest BCUT2D eigenvalue weighted by atomic mass is 17.1. The van der Waals surface area contributed by atoms with E-state index in [9.17, 15) is 0 Å². The third kappa shape index (κ3) is 4.88. The minimum atomic E-state index is -0.249. The van der Waals surface area contributed by atoms with Crippen molar-refractivity contribution >= 4 is 0 Å². The van der Waals surface area contributed by atoms with Crippen molar-refractivity contribution in [1.29, 1.82) is 0 Å². The molecule has 0 saturated heterocycles. The summed E-state index contributed by atoms with van der Waals surface area (Å²) < 4.78 is 0. The third-order valence-corrected chi connectivity index (χ3v) is 3.40. The standard InChI is InChI=1S/C15H24O2/c1-12-7-8-14(17-16)13(2)6-5-10-15(3,4)11-9-12/h9,11,14,16H,1-2,5-8,10H2,3-4H3/b11-9-/t14-/m1/s1. The smallest absolute Gasteiger partial charge is 0.114 e. The molecule has 0 aromatic heterocycles. The van der Waals surface area contributed by atoms with Gasteiger partial charge in [-0.1, -0.05) is 44.7 Å². The summed E-state index contributed by atoms with van der Waals surface area (Å²) in [6, 6.07) is 0. The Kier molecular flexibility index (Phi) is 5.16. The zero-order chi connectivity index (χ0) is 12.9. The second-order valence-electron chi connectivity index (χ2n) is 5.62. The Hall–Kier alpha value is -0.860. The zero-order valence-electron chi connectivity index (χ0n) is 11.0. The molecule has 2 nitrogen and oxygen atoms in total. The largest absolute Gasteiger partial charge is 0.251 e. The lowest BCUT2D eigenvalue weighted by atomic mass is 9.86. The first-order valence-electron chi connectivity index (χ1n) is 6.29. The van der Waals surface area contributed by atoms with E-state index in [0.717, 1.165) is 43.3 Å². The summed E-state index contributed by atoms with van der Waals surface area (Å²) in [5.41, 5.74) is 2.26. The van der Waals surface area contributed by atoms with Gasteiger partial charge in [-0.15, -0.1) is 0 Å². The highest BCUT2D eigenvalue weighted by Crippen LogP contribution is 2.29. The van der Waals surface area contributed by atoms with Crippen LogP contribution in [0.15, 0.2) is 36.5 Å². The molecule has 2 heteroatoms. The Balaban J connectivity index is 2.75. The Labute approximate surface area is 105 Å². The average molecular weight is 236 g/mol. The average Bonchev–Trinajstić information content (AvgIpc) is 2.28. The van der Waals surface area contributed by atoms with E-state index >= 15 is 0 Å². The molecule has 1 N–H and O–H groups in total. The molecule has 1 rings (SSSR count). The van der Waals surface area contributed by atoms with Gasteiger partial charge in [0.1, 0.15) is 6.10 Å². The van der Waals surface area contributed by atoms with E-state index in [2.05, 4.69) is 44.0 Å². The van der Waals surface area contributed by atoms with Gasteiger partial charge in [-0.3, -0.25) is 5.26 Å². The maximum Gasteiger partial charge on any atom is 0.114 e. The van der Waals surface area contributed by atoms with Crippen LogP contribution in [-0.2, 0) is 4.89 Å². The fraction of sp³-hybridized carbons (Fsp3) is 0.600. The molecule has 0 radical (unpaired) electrons. The molecular weight excluding hydrogens is 212 g/mol. The molecule has 96 valence electrons. The van der Waals surface area contributed by atoms with E-state index in [1.54, 1.807) is 0 Å². The van der Waals surface area contributed by atoms with Crippen LogP contribution < -0.4 is 0 Å². The predicted octanol–water partition coefficient (Wildman–Crippen LogP) is 4.50. The van der Waals surface area contributed by atoms with Crippen molar-refractivity contribution in [3.05, 3.63) is 36.5 Å². The van der Waals surface area contributed by atoms with Crippen LogP contribution in [0.4, 0.5) is 0 Å². The molecule has 0 unspecified atom stereocenters. The second kappa shape index (κ2) is 6.18. The molecule has 0 spiro atoms. The molecule has 17 heavy (non-hydrogen) atoms. The van der Waals surface area contributed by atoms with Crippen LogP contribution in [0.5, 0.6) is 0 Å². The van der Waals surface area contributed by atoms with Gasteiger partial charge in [-0.25, -0.2) is 4.89 Å². The SMILES string of the molecule is C=C1/C=C\C(C)(C)CCCC(=C)[C@H](OO)CC1. The van der Waals surface area contributed by atoms with Crippen LogP contribution >= 0.6 is 0 Å². The van der Waals surface area contributed by atoms with Crippen molar-refractivity contribution in [2.75, 3.05) is 0 Å². The van der Waals surface area contributed by atoms with Gasteiger partial charge < -0.3 is 0 Å². The Morgan fingerprint density at radius 2 is 2.06 bits per heavy atom. The lowest BCUT2D eigenvalue weighted by Crippen LogP contribution is -2.14. The van der Waals surface area contributed by atoms with Crippen LogP contribution in [0.25, 0.3) is 0 Å². The lowest BCUT2D eigenvalue weighted by molar-refractivity contribution is -0.270. The van der Waals surface area contributed by atoms with E-state index in [1.165, 1.54) is 0 Å². The molecule has 1 aliphatic rings. The number of hydrogen-bond acceptors (Lipinski definition) is 2. The normalized spacial score (nSPS) is 28.5. The van der Waals surface area contributed by atoms with E-state index in [1.807, 2.05) is 0 Å². The van der Waals surface area contributed by atoms with Crippen LogP contribution in [0.3, 0.4) is 0 Å². The topological polar surface area (TPSA) is 29.5 Å². The maximum atomic E-state index is 8.89. The molecule has 0 fully saturated rings. The van der Waals surface area contributed by atoms with Crippen LogP contribution in [0.1, 0.15) is 46.0 Å². The fourth-order valence-corrected chi connectivity index (χ4v) is 2.09. The van der Waals surface area contributed by atoms with Crippen molar-refractivity contribution < 1.29 is 10.1 Å². The summed E-state index contributed by atoms with van der Waals surface area (Å²) in [6.45, 7) is 12.5. The summed E-state index contributed by atoms with van der Waals surface area (Å²) in [4.78, 5) is 4.51. The van der Waals surface area contributed by atoms with Crippen LogP contribution in [0.2, 0.25) is 0 Å². The first kappa shape index (κ1) is 14.2. The monoisotopic (exact) mass is 236 g/mol. The molecular formula is C15H24O2. The molecule has 1 aliphatic carbocycles. The summed E-state index contributed by atoms with van der Waals surface area (Å²) >= 11 is 0. The van der Waals surface area contributed by atoms with Gasteiger partial charge in [0.15, 0.2) is 0 Å². The van der Waals surface area contributed by atoms with E-state index in [4.69, 9.17) is 5.26 Å². The first-order chi connectivity index (χ1) is 7.94. The quantitative estimate of drug-likeness (QED) is 0.412. The molecule has 0 bridgehead atoms. The van der Waals surface area contributed by atoms with E-state index in [0.29, 0.717) is 0 Å². The lowest BCUT2D eigenvalue weighted by Gasteiger charge is -2.20. The van der Waals surface area contributed by atoms with Crippen molar-refractivity contribution in [1.82, 2.24) is 0 Å². The molecule has 0 aromatic carbocycles. The molecule has 0 aliphatic heterocycles. The molecule has 0 aromatic rings. The van der Waals surface area contributed by atoms with E-state index < -0.39 is 0 Å². The van der Waals surface area contributed by atoms with Crippen molar-refractivity contribution in [3.63, 3.8) is 0 Å². The number of hydrogen-bond donors (Lipinski definition) is 1. The number of allylic oxidation sites excluding steroid dienone is 3. The minimum Gasteiger partial charge on any atom is -0.251 e. The highest BCUT2D eigenvalue weighted by molar-refractivity contribution is 5.18. The van der Waals surface area contributed by atoms with Gasteiger partial charge >= 0.3 is 0 Å². The van der Waals surface area contributed by atoms with Gasteiger partial charge in [0.2, 0.25) is 0 Å². The highest BCUT2D eigenvalue weighted by Gasteiger charge is 2.18. The van der Waals surface area contributed by atoms with Crippen molar-refractivity contribution in [2.45, 2.75) is 52.1 Å². The zero-order valence-corrected chi connectivity index (χ0v) is 11.0. The predicted molar refractivity (Wildman–Crippen MR) is 71.8 cm³/mol. The first-order valence-corrected chi connectivity index (χ1v) is 6.29. The van der Waals surface area contributed by atoms with Crippen molar-refractivity contribution in [3.8, 4) is 0 Å². The Morgan fingerprint density at radius 1 is 1.35 bits per heavy atom. The van der Waals surface area contributed by atoms with Gasteiger partial charge in [0, 0.05) is 0 Å². The maximum absolute atomic E-state index is 8.89. The summed E-state index contributed by atoms with van der Waals surface area (Å²) in [7, 11) is 0. The molecule has 0 saturated carbocycles. The number of rotatable bonds is 1. The fourth-order valence-electron chi connectivity index (χ4n) is 2.09. The Morgan fingerprint density at radius 3 is 2.71 bits per heavy atom. The Bertz CT molecular complexity index is 313. The van der Waals surface area contributed by atoms with Gasteiger partial charge in [-0.05, 0) is 43.1 Å². The third-order valence-electron chi connectivity index (χ3n) is 3.40. The van der Waals surface area contributed by atoms with Crippen LogP contribution in [-0.4, -0.2) is 11.4 Å². The molecule has 1 atom stereocenters. The summed E-state index contributed by atoms with van der Waals surface area (Å²) in [5.74, 6) is 0. The summed E-state index contributed by atoms with van der Waals surface area (Å²) in [5, 5.41) is 8.89. The molecule has 0 amide bonds. The second-order valence-corrected chi connectivity index (χ2v) is 5.62. The van der Waals surface area contributed by atoms with E-state index in [-0.39, 0.29) is 11.5 Å².